The number of nitrogens with one attached hydrogen (secondary N) is 1. The molecule has 23 heavy (non-hydrogen) atoms. The largest absolute Gasteiger partial charge is 0.493 e. The summed E-state index contributed by atoms with van der Waals surface area (Å²) in [5, 5.41) is 4.39. The average Bonchev–Trinajstić information content (AvgIpc) is 2.77. The van der Waals surface area contributed by atoms with E-state index >= 15 is 0 Å². The summed E-state index contributed by atoms with van der Waals surface area (Å²) in [5.41, 5.74) is 1.86. The second-order valence-corrected chi connectivity index (χ2v) is 5.56. The van der Waals surface area contributed by atoms with E-state index in [1.54, 1.807) is 0 Å². The van der Waals surface area contributed by atoms with Crippen LogP contribution in [0.15, 0.2) is 18.2 Å². The van der Waals surface area contributed by atoms with Crippen molar-refractivity contribution in [2.45, 2.75) is 39.8 Å². The average molecular weight is 316 g/mol. The Bertz CT molecular complexity index is 688. The molecule has 1 aliphatic heterocycles. The van der Waals surface area contributed by atoms with Crippen LogP contribution >= 0.6 is 0 Å². The molecule has 3 rings (SSSR count). The first kappa shape index (κ1) is 15.9. The highest BCUT2D eigenvalue weighted by Crippen LogP contribution is 2.36. The van der Waals surface area contributed by atoms with E-state index in [0.29, 0.717) is 19.1 Å². The van der Waals surface area contributed by atoms with Crippen molar-refractivity contribution in [1.82, 2.24) is 10.3 Å². The summed E-state index contributed by atoms with van der Waals surface area (Å²) >= 11 is 0. The third kappa shape index (κ3) is 3.20. The number of rotatable bonds is 5. The fraction of sp³-hybridized carbons (Fsp3) is 0.500. The van der Waals surface area contributed by atoms with Crippen LogP contribution in [0.25, 0.3) is 10.9 Å². The Kier molecular flexibility index (Phi) is 4.86. The molecule has 1 aromatic carbocycles. The molecule has 5 nitrogen and oxygen atoms in total. The molecular weight excluding hydrogens is 292 g/mol. The maximum atomic E-state index is 6.08. The number of fused-ring (bicyclic) bond motifs is 2. The van der Waals surface area contributed by atoms with Crippen molar-refractivity contribution in [1.29, 1.82) is 0 Å². The van der Waals surface area contributed by atoms with Crippen molar-refractivity contribution in [3.05, 3.63) is 23.8 Å². The van der Waals surface area contributed by atoms with Gasteiger partial charge in [-0.3, -0.25) is 0 Å². The van der Waals surface area contributed by atoms with E-state index in [1.807, 2.05) is 26.0 Å². The molecule has 1 N–H and O–H groups in total. The zero-order valence-corrected chi connectivity index (χ0v) is 14.0. The van der Waals surface area contributed by atoms with Crippen LogP contribution in [0, 0.1) is 0 Å². The highest BCUT2D eigenvalue weighted by molar-refractivity contribution is 5.91. The van der Waals surface area contributed by atoms with Gasteiger partial charge in [0.05, 0.1) is 13.2 Å². The minimum absolute atomic E-state index is 0.145. The predicted molar refractivity (Wildman–Crippen MR) is 90.5 cm³/mol. The Morgan fingerprint density at radius 1 is 1.17 bits per heavy atom. The van der Waals surface area contributed by atoms with Gasteiger partial charge < -0.3 is 19.5 Å². The van der Waals surface area contributed by atoms with Gasteiger partial charge in [-0.2, -0.15) is 0 Å². The maximum absolute atomic E-state index is 6.08. The molecule has 2 aromatic rings. The minimum atomic E-state index is 0.145. The normalized spacial score (nSPS) is 17.3. The summed E-state index contributed by atoms with van der Waals surface area (Å²) in [6.07, 6.45) is 1.09. The highest BCUT2D eigenvalue weighted by Gasteiger charge is 2.20. The monoisotopic (exact) mass is 316 g/mol. The van der Waals surface area contributed by atoms with Crippen molar-refractivity contribution in [3.8, 4) is 17.4 Å². The maximum Gasteiger partial charge on any atom is 0.218 e. The summed E-state index contributed by atoms with van der Waals surface area (Å²) in [5.74, 6) is 2.30. The third-order valence-electron chi connectivity index (χ3n) is 3.97. The van der Waals surface area contributed by atoms with E-state index in [1.165, 1.54) is 0 Å². The number of benzene rings is 1. The zero-order valence-electron chi connectivity index (χ0n) is 14.0. The molecule has 124 valence electrons. The lowest BCUT2D eigenvalue weighted by Gasteiger charge is -2.16. The molecule has 5 heteroatoms. The molecule has 0 spiro atoms. The minimum Gasteiger partial charge on any atom is -0.493 e. The van der Waals surface area contributed by atoms with Crippen LogP contribution in [0.1, 0.15) is 32.8 Å². The number of pyridine rings is 1. The van der Waals surface area contributed by atoms with Gasteiger partial charge in [0, 0.05) is 24.0 Å². The lowest BCUT2D eigenvalue weighted by atomic mass is 10.1. The molecule has 2 heterocycles. The number of hydrogen-bond donors (Lipinski definition) is 1. The van der Waals surface area contributed by atoms with Crippen molar-refractivity contribution >= 4 is 10.9 Å². The standard InChI is InChI=1S/C18H24N2O3/c1-4-13-11-19-10-12-9-14-15(21-5-2)7-8-16(22-6-3)17(14)20-18(12)23-13/h7-9,13,19H,4-6,10-11H2,1-3H3. The molecule has 0 fully saturated rings. The molecule has 1 atom stereocenters. The van der Waals surface area contributed by atoms with Gasteiger partial charge in [0.15, 0.2) is 0 Å². The fourth-order valence-electron chi connectivity index (χ4n) is 2.81. The van der Waals surface area contributed by atoms with Crippen molar-refractivity contribution < 1.29 is 14.2 Å². The molecule has 0 saturated heterocycles. The number of hydrogen-bond acceptors (Lipinski definition) is 5. The lowest BCUT2D eigenvalue weighted by molar-refractivity contribution is 0.194. The Hall–Kier alpha value is -2.01. The van der Waals surface area contributed by atoms with Gasteiger partial charge in [0.2, 0.25) is 5.88 Å². The van der Waals surface area contributed by atoms with Crippen LogP contribution in [0.2, 0.25) is 0 Å². The molecule has 0 radical (unpaired) electrons. The molecule has 0 bridgehead atoms. The first-order valence-electron chi connectivity index (χ1n) is 8.36. The molecule has 0 saturated carbocycles. The Balaban J connectivity index is 2.15. The van der Waals surface area contributed by atoms with E-state index in [0.717, 1.165) is 47.5 Å². The SMILES string of the molecule is CCOc1ccc(OCC)c2nc3c(cc12)CNCC(CC)O3. The molecular formula is C18H24N2O3. The van der Waals surface area contributed by atoms with E-state index in [2.05, 4.69) is 18.3 Å². The molecule has 0 aliphatic carbocycles. The van der Waals surface area contributed by atoms with Crippen molar-refractivity contribution in [2.24, 2.45) is 0 Å². The highest BCUT2D eigenvalue weighted by atomic mass is 16.5. The van der Waals surface area contributed by atoms with Crippen LogP contribution in [0.3, 0.4) is 0 Å². The summed E-state index contributed by atoms with van der Waals surface area (Å²) in [6, 6.07) is 5.98. The quantitative estimate of drug-likeness (QED) is 0.917. The Morgan fingerprint density at radius 2 is 1.91 bits per heavy atom. The van der Waals surface area contributed by atoms with Gasteiger partial charge in [0.1, 0.15) is 23.1 Å². The van der Waals surface area contributed by atoms with Gasteiger partial charge in [-0.1, -0.05) is 6.92 Å². The molecule has 1 unspecified atom stereocenters. The second-order valence-electron chi connectivity index (χ2n) is 5.56. The number of ether oxygens (including phenoxy) is 3. The molecule has 1 aromatic heterocycles. The summed E-state index contributed by atoms with van der Waals surface area (Å²) < 4.78 is 17.6. The third-order valence-corrected chi connectivity index (χ3v) is 3.97. The predicted octanol–water partition coefficient (Wildman–Crippen LogP) is 3.29. The summed E-state index contributed by atoms with van der Waals surface area (Å²) in [4.78, 5) is 4.77. The van der Waals surface area contributed by atoms with E-state index < -0.39 is 0 Å². The van der Waals surface area contributed by atoms with E-state index in [9.17, 15) is 0 Å². The number of aromatic nitrogens is 1. The number of nitrogens with zero attached hydrogens (tertiary/aromatic N) is 1. The smallest absolute Gasteiger partial charge is 0.218 e. The van der Waals surface area contributed by atoms with Crippen molar-refractivity contribution in [3.63, 3.8) is 0 Å². The van der Waals surface area contributed by atoms with Gasteiger partial charge >= 0.3 is 0 Å². The van der Waals surface area contributed by atoms with E-state index in [-0.39, 0.29) is 6.10 Å². The fourth-order valence-corrected chi connectivity index (χ4v) is 2.81. The Morgan fingerprint density at radius 3 is 2.65 bits per heavy atom. The van der Waals surface area contributed by atoms with Crippen LogP contribution in [-0.4, -0.2) is 30.8 Å². The van der Waals surface area contributed by atoms with Gasteiger partial charge in [-0.25, -0.2) is 4.98 Å². The van der Waals surface area contributed by atoms with Crippen LogP contribution in [0.4, 0.5) is 0 Å². The second kappa shape index (κ2) is 7.04. The first-order valence-corrected chi connectivity index (χ1v) is 8.36. The van der Waals surface area contributed by atoms with E-state index in [4.69, 9.17) is 19.2 Å². The molecule has 0 amide bonds. The topological polar surface area (TPSA) is 52.6 Å². The summed E-state index contributed by atoms with van der Waals surface area (Å²) in [7, 11) is 0. The van der Waals surface area contributed by atoms with Gasteiger partial charge in [0.25, 0.3) is 0 Å². The van der Waals surface area contributed by atoms with Gasteiger partial charge in [-0.15, -0.1) is 0 Å². The van der Waals surface area contributed by atoms with Gasteiger partial charge in [-0.05, 0) is 38.5 Å². The first-order chi connectivity index (χ1) is 11.3. The van der Waals surface area contributed by atoms with Crippen molar-refractivity contribution in [2.75, 3.05) is 19.8 Å². The van der Waals surface area contributed by atoms with Crippen LogP contribution in [-0.2, 0) is 6.54 Å². The van der Waals surface area contributed by atoms with Crippen LogP contribution < -0.4 is 19.5 Å². The zero-order chi connectivity index (χ0) is 16.2. The lowest BCUT2D eigenvalue weighted by Crippen LogP contribution is -2.27. The van der Waals surface area contributed by atoms with Crippen LogP contribution in [0.5, 0.6) is 17.4 Å². The molecule has 1 aliphatic rings. The Labute approximate surface area is 137 Å². The summed E-state index contributed by atoms with van der Waals surface area (Å²) in [6.45, 7) is 8.87.